The van der Waals surface area contributed by atoms with Crippen molar-refractivity contribution in [1.82, 2.24) is 5.32 Å². The van der Waals surface area contributed by atoms with Gasteiger partial charge >= 0.3 is 11.9 Å². The van der Waals surface area contributed by atoms with E-state index in [-0.39, 0.29) is 6.61 Å². The third kappa shape index (κ3) is 5.66. The summed E-state index contributed by atoms with van der Waals surface area (Å²) in [6.07, 6.45) is -0.633. The van der Waals surface area contributed by atoms with Gasteiger partial charge in [0.25, 0.3) is 5.91 Å². The minimum Gasteiger partial charge on any atom is -0.480 e. The Kier molecular flexibility index (Phi) is 6.37. The monoisotopic (exact) mass is 363 g/mol. The number of carbonyl (C=O) groups excluding carboxylic acids is 2. The zero-order valence-corrected chi connectivity index (χ0v) is 13.4. The fraction of sp³-hybridized carbons (Fsp3) is 0.167. The first-order chi connectivity index (χ1) is 12.3. The number of benzene rings is 2. The fourth-order valence-electron chi connectivity index (χ4n) is 2.09. The van der Waals surface area contributed by atoms with Crippen LogP contribution >= 0.6 is 0 Å². The Hall–Kier alpha value is -3.29. The van der Waals surface area contributed by atoms with Crippen LogP contribution in [0.5, 0.6) is 0 Å². The van der Waals surface area contributed by atoms with Crippen LogP contribution in [0.15, 0.2) is 48.5 Å². The quantitative estimate of drug-likeness (QED) is 0.737. The highest BCUT2D eigenvalue weighted by Gasteiger charge is 2.25. The zero-order valence-electron chi connectivity index (χ0n) is 13.4. The van der Waals surface area contributed by atoms with Crippen LogP contribution in [0.2, 0.25) is 0 Å². The molecule has 1 amide bonds. The number of hydrogen-bond acceptors (Lipinski definition) is 4. The van der Waals surface area contributed by atoms with Gasteiger partial charge in [-0.3, -0.25) is 9.59 Å². The predicted molar refractivity (Wildman–Crippen MR) is 86.1 cm³/mol. The van der Waals surface area contributed by atoms with Gasteiger partial charge in [0.2, 0.25) is 0 Å². The van der Waals surface area contributed by atoms with E-state index in [1.165, 1.54) is 0 Å². The second-order valence-corrected chi connectivity index (χ2v) is 5.37. The smallest absolute Gasteiger partial charge is 0.326 e. The van der Waals surface area contributed by atoms with E-state index in [0.717, 1.165) is 12.1 Å². The van der Waals surface area contributed by atoms with Crippen LogP contribution in [-0.2, 0) is 20.9 Å². The Morgan fingerprint density at radius 1 is 1.04 bits per heavy atom. The van der Waals surface area contributed by atoms with Crippen molar-refractivity contribution in [1.29, 1.82) is 0 Å². The van der Waals surface area contributed by atoms with Gasteiger partial charge in [0.05, 0.1) is 6.42 Å². The number of carboxylic acid groups (broad SMARTS) is 1. The number of carboxylic acids is 1. The highest BCUT2D eigenvalue weighted by Crippen LogP contribution is 2.09. The summed E-state index contributed by atoms with van der Waals surface area (Å²) in [7, 11) is 0. The predicted octanol–water partition coefficient (Wildman–Crippen LogP) is 2.28. The van der Waals surface area contributed by atoms with Crippen molar-refractivity contribution in [3.63, 3.8) is 0 Å². The number of carbonyl (C=O) groups is 3. The highest BCUT2D eigenvalue weighted by atomic mass is 19.1. The molecule has 2 aromatic carbocycles. The molecule has 8 heteroatoms. The van der Waals surface area contributed by atoms with Crippen molar-refractivity contribution < 1.29 is 33.0 Å². The first-order valence-corrected chi connectivity index (χ1v) is 7.54. The van der Waals surface area contributed by atoms with Crippen molar-refractivity contribution in [3.05, 3.63) is 71.3 Å². The van der Waals surface area contributed by atoms with Crippen molar-refractivity contribution in [3.8, 4) is 0 Å². The van der Waals surface area contributed by atoms with Crippen LogP contribution < -0.4 is 5.32 Å². The molecule has 0 aliphatic rings. The first-order valence-electron chi connectivity index (χ1n) is 7.54. The number of aliphatic carboxylic acids is 1. The van der Waals surface area contributed by atoms with Crippen LogP contribution in [0.1, 0.15) is 22.3 Å². The SMILES string of the molecule is O=C(C[C@H](NC(=O)c1cc(F)cc(F)c1)C(=O)O)OCc1ccccc1. The average molecular weight is 363 g/mol. The molecule has 0 unspecified atom stereocenters. The lowest BCUT2D eigenvalue weighted by Gasteiger charge is -2.14. The summed E-state index contributed by atoms with van der Waals surface area (Å²) in [5.74, 6) is -5.31. The standard InChI is InChI=1S/C18H15F2NO5/c19-13-6-12(7-14(20)8-13)17(23)21-15(18(24)25)9-16(22)26-10-11-4-2-1-3-5-11/h1-8,15H,9-10H2,(H,21,23)(H,24,25)/t15-/m0/s1. The van der Waals surface area contributed by atoms with Gasteiger partial charge < -0.3 is 15.2 Å². The second kappa shape index (κ2) is 8.70. The van der Waals surface area contributed by atoms with Gasteiger partial charge in [-0.1, -0.05) is 30.3 Å². The second-order valence-electron chi connectivity index (χ2n) is 5.37. The minimum atomic E-state index is -1.60. The molecule has 0 aliphatic heterocycles. The number of rotatable bonds is 7. The van der Waals surface area contributed by atoms with E-state index < -0.39 is 47.5 Å². The molecule has 0 radical (unpaired) electrons. The minimum absolute atomic E-state index is 0.0466. The van der Waals surface area contributed by atoms with Crippen LogP contribution in [0.4, 0.5) is 8.78 Å². The molecule has 2 rings (SSSR count). The molecule has 0 saturated heterocycles. The van der Waals surface area contributed by atoms with E-state index in [0.29, 0.717) is 11.6 Å². The highest BCUT2D eigenvalue weighted by molar-refractivity contribution is 5.97. The summed E-state index contributed by atoms with van der Waals surface area (Å²) in [5, 5.41) is 11.2. The Morgan fingerprint density at radius 3 is 2.23 bits per heavy atom. The third-order valence-corrected chi connectivity index (χ3v) is 3.34. The van der Waals surface area contributed by atoms with Gasteiger partial charge in [-0.2, -0.15) is 0 Å². The normalized spacial score (nSPS) is 11.5. The summed E-state index contributed by atoms with van der Waals surface area (Å²) in [4.78, 5) is 35.0. The van der Waals surface area contributed by atoms with Gasteiger partial charge in [0.1, 0.15) is 24.3 Å². The van der Waals surface area contributed by atoms with Crippen molar-refractivity contribution in [2.24, 2.45) is 0 Å². The molecule has 136 valence electrons. The maximum atomic E-state index is 13.1. The van der Waals surface area contributed by atoms with Gasteiger partial charge in [-0.05, 0) is 17.7 Å². The van der Waals surface area contributed by atoms with Gasteiger partial charge in [0.15, 0.2) is 0 Å². The number of ether oxygens (including phenoxy) is 1. The fourth-order valence-corrected chi connectivity index (χ4v) is 2.09. The van der Waals surface area contributed by atoms with Crippen LogP contribution in [0.3, 0.4) is 0 Å². The lowest BCUT2D eigenvalue weighted by atomic mass is 10.1. The number of nitrogens with one attached hydrogen (secondary N) is 1. The van der Waals surface area contributed by atoms with Crippen molar-refractivity contribution >= 4 is 17.8 Å². The molecule has 0 spiro atoms. The maximum Gasteiger partial charge on any atom is 0.326 e. The van der Waals surface area contributed by atoms with E-state index in [1.54, 1.807) is 30.3 Å². The van der Waals surface area contributed by atoms with Crippen LogP contribution in [-0.4, -0.2) is 29.0 Å². The van der Waals surface area contributed by atoms with E-state index in [1.807, 2.05) is 5.32 Å². The summed E-state index contributed by atoms with van der Waals surface area (Å²) in [6.45, 7) is -0.0466. The maximum absolute atomic E-state index is 13.1. The number of esters is 1. The lowest BCUT2D eigenvalue weighted by Crippen LogP contribution is -2.42. The van der Waals surface area contributed by atoms with Crippen LogP contribution in [0.25, 0.3) is 0 Å². The number of hydrogen-bond donors (Lipinski definition) is 2. The van der Waals surface area contributed by atoms with E-state index in [4.69, 9.17) is 9.84 Å². The summed E-state index contributed by atoms with van der Waals surface area (Å²) < 4.78 is 31.3. The zero-order chi connectivity index (χ0) is 19.1. The van der Waals surface area contributed by atoms with Gasteiger partial charge in [-0.15, -0.1) is 0 Å². The van der Waals surface area contributed by atoms with Gasteiger partial charge in [-0.25, -0.2) is 13.6 Å². The molecule has 6 nitrogen and oxygen atoms in total. The molecule has 26 heavy (non-hydrogen) atoms. The molecule has 0 aliphatic carbocycles. The summed E-state index contributed by atoms with van der Waals surface area (Å²) >= 11 is 0. The molecule has 0 saturated carbocycles. The molecule has 0 bridgehead atoms. The lowest BCUT2D eigenvalue weighted by molar-refractivity contribution is -0.150. The Labute approximate surface area is 147 Å². The Balaban J connectivity index is 1.96. The van der Waals surface area contributed by atoms with Crippen molar-refractivity contribution in [2.75, 3.05) is 0 Å². The number of amides is 1. The first kappa shape index (κ1) is 19.0. The summed E-state index contributed by atoms with van der Waals surface area (Å²) in [6, 6.07) is 9.23. The average Bonchev–Trinajstić information content (AvgIpc) is 2.59. The summed E-state index contributed by atoms with van der Waals surface area (Å²) in [5.41, 5.74) is 0.318. The Morgan fingerprint density at radius 2 is 1.65 bits per heavy atom. The van der Waals surface area contributed by atoms with Gasteiger partial charge in [0, 0.05) is 11.6 Å². The van der Waals surface area contributed by atoms with Crippen molar-refractivity contribution in [2.45, 2.75) is 19.1 Å². The molecule has 2 N–H and O–H groups in total. The molecule has 0 fully saturated rings. The molecule has 0 heterocycles. The largest absolute Gasteiger partial charge is 0.480 e. The molecule has 1 atom stereocenters. The van der Waals surface area contributed by atoms with E-state index in [9.17, 15) is 23.2 Å². The van der Waals surface area contributed by atoms with Crippen LogP contribution in [0, 0.1) is 11.6 Å². The molecule has 2 aromatic rings. The Bertz CT molecular complexity index is 790. The number of halogens is 2. The van der Waals surface area contributed by atoms with E-state index >= 15 is 0 Å². The molecular weight excluding hydrogens is 348 g/mol. The third-order valence-electron chi connectivity index (χ3n) is 3.34. The molecular formula is C18H15F2NO5. The topological polar surface area (TPSA) is 92.7 Å². The molecule has 0 aromatic heterocycles. The van der Waals surface area contributed by atoms with E-state index in [2.05, 4.69) is 0 Å².